The number of nitriles is 1. The first-order valence-corrected chi connectivity index (χ1v) is 7.56. The molecule has 0 saturated carbocycles. The van der Waals surface area contributed by atoms with E-state index in [9.17, 15) is 8.42 Å². The van der Waals surface area contributed by atoms with Gasteiger partial charge in [-0.05, 0) is 42.8 Å². The van der Waals surface area contributed by atoms with Crippen LogP contribution in [0.15, 0.2) is 58.8 Å². The van der Waals surface area contributed by atoms with Crippen LogP contribution in [-0.4, -0.2) is 8.42 Å². The van der Waals surface area contributed by atoms with Gasteiger partial charge in [-0.3, -0.25) is 0 Å². The van der Waals surface area contributed by atoms with Gasteiger partial charge in [-0.1, -0.05) is 29.8 Å². The molecule has 100 valence electrons. The average Bonchev–Trinajstić information content (AvgIpc) is 2.46. The molecule has 0 N–H and O–H groups in total. The Hall–Kier alpha value is -2.38. The van der Waals surface area contributed by atoms with Crippen LogP contribution in [0.25, 0.3) is 6.08 Å². The van der Waals surface area contributed by atoms with E-state index in [4.69, 9.17) is 5.26 Å². The second kappa shape index (κ2) is 5.72. The zero-order valence-corrected chi connectivity index (χ0v) is 11.8. The Balaban J connectivity index is 2.25. The van der Waals surface area contributed by atoms with Gasteiger partial charge in [0, 0.05) is 5.41 Å². The number of hydrogen-bond acceptors (Lipinski definition) is 3. The second-order valence-corrected chi connectivity index (χ2v) is 6.23. The Labute approximate surface area is 118 Å². The normalized spacial score (nSPS) is 11.4. The molecule has 0 bridgehead atoms. The maximum Gasteiger partial charge on any atom is 0.199 e. The summed E-state index contributed by atoms with van der Waals surface area (Å²) in [6.07, 6.45) is 1.52. The molecule has 0 unspecified atom stereocenters. The van der Waals surface area contributed by atoms with Gasteiger partial charge in [0.15, 0.2) is 9.84 Å². The van der Waals surface area contributed by atoms with Crippen LogP contribution >= 0.6 is 0 Å². The molecule has 0 aliphatic carbocycles. The third kappa shape index (κ3) is 3.34. The smallest absolute Gasteiger partial charge is 0.199 e. The van der Waals surface area contributed by atoms with E-state index in [2.05, 4.69) is 0 Å². The average molecular weight is 283 g/mol. The number of hydrogen-bond donors (Lipinski definition) is 0. The minimum atomic E-state index is -3.44. The van der Waals surface area contributed by atoms with Crippen LogP contribution in [0.3, 0.4) is 0 Å². The highest BCUT2D eigenvalue weighted by atomic mass is 32.2. The van der Waals surface area contributed by atoms with Crippen LogP contribution in [0.1, 0.15) is 16.7 Å². The van der Waals surface area contributed by atoms with Gasteiger partial charge in [0.2, 0.25) is 0 Å². The summed E-state index contributed by atoms with van der Waals surface area (Å²) >= 11 is 0. The van der Waals surface area contributed by atoms with Crippen molar-refractivity contribution in [3.05, 3.63) is 70.6 Å². The van der Waals surface area contributed by atoms with Gasteiger partial charge < -0.3 is 0 Å². The van der Waals surface area contributed by atoms with Crippen molar-refractivity contribution in [3.63, 3.8) is 0 Å². The van der Waals surface area contributed by atoms with E-state index in [0.717, 1.165) is 11.1 Å². The first-order chi connectivity index (χ1) is 9.51. The fraction of sp³-hybridized carbons (Fsp3) is 0.0625. The summed E-state index contributed by atoms with van der Waals surface area (Å²) in [5.41, 5.74) is 2.29. The number of rotatable bonds is 3. The monoisotopic (exact) mass is 283 g/mol. The minimum Gasteiger partial charge on any atom is -0.219 e. The Kier molecular flexibility index (Phi) is 4.02. The molecule has 20 heavy (non-hydrogen) atoms. The van der Waals surface area contributed by atoms with Crippen LogP contribution in [0.2, 0.25) is 0 Å². The maximum absolute atomic E-state index is 12.1. The largest absolute Gasteiger partial charge is 0.219 e. The maximum atomic E-state index is 12.1. The Bertz CT molecular complexity index is 765. The van der Waals surface area contributed by atoms with E-state index >= 15 is 0 Å². The SMILES string of the molecule is Cc1ccc(S(=O)(=O)/C=C/c2ccc(C#N)cc2)cc1. The van der Waals surface area contributed by atoms with Gasteiger partial charge in [-0.15, -0.1) is 0 Å². The van der Waals surface area contributed by atoms with Crippen molar-refractivity contribution >= 4 is 15.9 Å². The molecular formula is C16H13NO2S. The van der Waals surface area contributed by atoms with Crippen molar-refractivity contribution in [2.24, 2.45) is 0 Å². The van der Waals surface area contributed by atoms with Crippen LogP contribution in [0.5, 0.6) is 0 Å². The fourth-order valence-corrected chi connectivity index (χ4v) is 2.65. The van der Waals surface area contributed by atoms with E-state index in [1.165, 1.54) is 11.5 Å². The van der Waals surface area contributed by atoms with Crippen LogP contribution in [0, 0.1) is 18.3 Å². The van der Waals surface area contributed by atoms with Crippen molar-refractivity contribution in [3.8, 4) is 6.07 Å². The molecule has 0 radical (unpaired) electrons. The van der Waals surface area contributed by atoms with E-state index < -0.39 is 9.84 Å². The molecule has 2 aromatic rings. The van der Waals surface area contributed by atoms with Gasteiger partial charge in [-0.25, -0.2) is 8.42 Å². The molecule has 0 saturated heterocycles. The topological polar surface area (TPSA) is 57.9 Å². The fourth-order valence-electron chi connectivity index (χ4n) is 1.64. The zero-order chi connectivity index (χ0) is 14.6. The summed E-state index contributed by atoms with van der Waals surface area (Å²) in [4.78, 5) is 0.271. The predicted octanol–water partition coefficient (Wildman–Crippen LogP) is 3.31. The molecular weight excluding hydrogens is 270 g/mol. The number of aryl methyl sites for hydroxylation is 1. The third-order valence-corrected chi connectivity index (χ3v) is 4.25. The lowest BCUT2D eigenvalue weighted by atomic mass is 10.1. The zero-order valence-electron chi connectivity index (χ0n) is 10.9. The van der Waals surface area contributed by atoms with Crippen molar-refractivity contribution in [2.45, 2.75) is 11.8 Å². The lowest BCUT2D eigenvalue weighted by Crippen LogP contribution is -1.95. The molecule has 0 aliphatic rings. The predicted molar refractivity (Wildman–Crippen MR) is 78.6 cm³/mol. The van der Waals surface area contributed by atoms with Crippen LogP contribution in [-0.2, 0) is 9.84 Å². The van der Waals surface area contributed by atoms with Gasteiger partial charge in [0.1, 0.15) is 0 Å². The summed E-state index contributed by atoms with van der Waals surface area (Å²) in [6, 6.07) is 15.4. The quantitative estimate of drug-likeness (QED) is 0.868. The van der Waals surface area contributed by atoms with Crippen molar-refractivity contribution in [2.75, 3.05) is 0 Å². The molecule has 4 heteroatoms. The van der Waals surface area contributed by atoms with E-state index in [1.807, 2.05) is 13.0 Å². The van der Waals surface area contributed by atoms with Crippen molar-refractivity contribution in [1.29, 1.82) is 5.26 Å². The first kappa shape index (κ1) is 14.0. The number of benzene rings is 2. The van der Waals surface area contributed by atoms with Gasteiger partial charge in [-0.2, -0.15) is 5.26 Å². The lowest BCUT2D eigenvalue weighted by molar-refractivity contribution is 0.605. The third-order valence-electron chi connectivity index (χ3n) is 2.83. The number of sulfone groups is 1. The van der Waals surface area contributed by atoms with E-state index in [1.54, 1.807) is 48.5 Å². The highest BCUT2D eigenvalue weighted by Crippen LogP contribution is 2.15. The molecule has 0 aliphatic heterocycles. The molecule has 0 fully saturated rings. The molecule has 2 aromatic carbocycles. The molecule has 3 nitrogen and oxygen atoms in total. The Morgan fingerprint density at radius 3 is 2.15 bits per heavy atom. The van der Waals surface area contributed by atoms with Crippen LogP contribution < -0.4 is 0 Å². The summed E-state index contributed by atoms with van der Waals surface area (Å²) in [7, 11) is -3.44. The first-order valence-electron chi connectivity index (χ1n) is 6.01. The summed E-state index contributed by atoms with van der Waals surface area (Å²) in [5.74, 6) is 0. The molecule has 0 spiro atoms. The lowest BCUT2D eigenvalue weighted by Gasteiger charge is -2.00. The highest BCUT2D eigenvalue weighted by Gasteiger charge is 2.09. The molecule has 0 heterocycles. The Morgan fingerprint density at radius 2 is 1.60 bits per heavy atom. The summed E-state index contributed by atoms with van der Waals surface area (Å²) in [6.45, 7) is 1.91. The second-order valence-electron chi connectivity index (χ2n) is 4.39. The highest BCUT2D eigenvalue weighted by molar-refractivity contribution is 7.94. The summed E-state index contributed by atoms with van der Waals surface area (Å²) < 4.78 is 24.2. The standard InChI is InChI=1S/C16H13NO2S/c1-13-2-8-16(9-3-13)20(18,19)11-10-14-4-6-15(12-17)7-5-14/h2-11H,1H3/b11-10+. The molecule has 0 aromatic heterocycles. The molecule has 0 atom stereocenters. The molecule has 2 rings (SSSR count). The molecule has 0 amide bonds. The van der Waals surface area contributed by atoms with E-state index in [-0.39, 0.29) is 4.90 Å². The van der Waals surface area contributed by atoms with Crippen LogP contribution in [0.4, 0.5) is 0 Å². The Morgan fingerprint density at radius 1 is 1.00 bits per heavy atom. The van der Waals surface area contributed by atoms with Gasteiger partial charge in [0.05, 0.1) is 16.5 Å². The summed E-state index contributed by atoms with van der Waals surface area (Å²) in [5, 5.41) is 9.87. The van der Waals surface area contributed by atoms with Gasteiger partial charge >= 0.3 is 0 Å². The number of nitrogens with zero attached hydrogens (tertiary/aromatic N) is 1. The van der Waals surface area contributed by atoms with Gasteiger partial charge in [0.25, 0.3) is 0 Å². The van der Waals surface area contributed by atoms with Crippen molar-refractivity contribution < 1.29 is 8.42 Å². The minimum absolute atomic E-state index is 0.271. The van der Waals surface area contributed by atoms with E-state index in [0.29, 0.717) is 5.56 Å². The van der Waals surface area contributed by atoms with Crippen molar-refractivity contribution in [1.82, 2.24) is 0 Å².